The third kappa shape index (κ3) is 5.49. The highest BCUT2D eigenvalue weighted by Crippen LogP contribution is 2.41. The number of pyridine rings is 1. The number of ether oxygens (including phenoxy) is 2. The fraction of sp³-hybridized carbons (Fsp3) is 0.148. The highest BCUT2D eigenvalue weighted by molar-refractivity contribution is 6.39. The molecule has 10 heteroatoms. The van der Waals surface area contributed by atoms with Gasteiger partial charge in [0.05, 0.1) is 40.4 Å². The third-order valence-corrected chi connectivity index (χ3v) is 6.69. The van der Waals surface area contributed by atoms with Crippen LogP contribution in [0.4, 0.5) is 4.39 Å². The van der Waals surface area contributed by atoms with E-state index in [9.17, 15) is 14.0 Å². The van der Waals surface area contributed by atoms with Crippen molar-refractivity contribution in [3.63, 3.8) is 0 Å². The predicted molar refractivity (Wildman–Crippen MR) is 142 cm³/mol. The van der Waals surface area contributed by atoms with E-state index in [0.29, 0.717) is 27.6 Å². The first-order chi connectivity index (χ1) is 17.7. The molecule has 0 aliphatic rings. The molecular formula is C27H20Cl3FN2O4. The predicted octanol–water partition coefficient (Wildman–Crippen LogP) is 6.52. The lowest BCUT2D eigenvalue weighted by molar-refractivity contribution is -0.142. The van der Waals surface area contributed by atoms with Gasteiger partial charge in [-0.05, 0) is 35.4 Å². The standard InChI is InChI=1S/C27H20Cl3FN2O4/c1-36-22-13-15(31)12-20(30)23(22)16-9-8-14(25-17(16)5-4-10-32-25)11-21(27(35)37-2)33-26(34)24-18(28)6-3-7-19(24)29/h3-10,12-13,21H,11H2,1-2H3,(H,33,34)/t21-/m0/s1. The molecule has 37 heavy (non-hydrogen) atoms. The van der Waals surface area contributed by atoms with Gasteiger partial charge in [0, 0.05) is 29.6 Å². The zero-order valence-corrected chi connectivity index (χ0v) is 21.9. The maximum atomic E-state index is 13.9. The molecule has 1 N–H and O–H groups in total. The summed E-state index contributed by atoms with van der Waals surface area (Å²) in [5.41, 5.74) is 2.42. The Kier molecular flexibility index (Phi) is 8.17. The molecule has 1 atom stereocenters. The number of methoxy groups -OCH3 is 2. The van der Waals surface area contributed by atoms with Crippen molar-refractivity contribution in [2.75, 3.05) is 14.2 Å². The summed E-state index contributed by atoms with van der Waals surface area (Å²) in [6.07, 6.45) is 1.66. The molecule has 1 amide bonds. The Morgan fingerprint density at radius 3 is 2.41 bits per heavy atom. The summed E-state index contributed by atoms with van der Waals surface area (Å²) in [6, 6.07) is 13.2. The minimum Gasteiger partial charge on any atom is -0.496 e. The zero-order chi connectivity index (χ0) is 26.7. The van der Waals surface area contributed by atoms with Gasteiger partial charge >= 0.3 is 5.97 Å². The number of hydrogen-bond donors (Lipinski definition) is 1. The van der Waals surface area contributed by atoms with Crippen molar-refractivity contribution in [3.8, 4) is 16.9 Å². The molecule has 190 valence electrons. The number of benzene rings is 3. The van der Waals surface area contributed by atoms with Crippen LogP contribution in [0.1, 0.15) is 15.9 Å². The average Bonchev–Trinajstić information content (AvgIpc) is 2.87. The first-order valence-corrected chi connectivity index (χ1v) is 12.1. The number of nitrogens with one attached hydrogen (secondary N) is 1. The maximum absolute atomic E-state index is 13.9. The molecule has 0 saturated heterocycles. The number of rotatable bonds is 7. The van der Waals surface area contributed by atoms with Crippen LogP contribution in [0.2, 0.25) is 15.1 Å². The molecule has 0 fully saturated rings. The molecule has 6 nitrogen and oxygen atoms in total. The smallest absolute Gasteiger partial charge is 0.328 e. The lowest BCUT2D eigenvalue weighted by atomic mass is 9.94. The van der Waals surface area contributed by atoms with Crippen molar-refractivity contribution in [1.29, 1.82) is 0 Å². The van der Waals surface area contributed by atoms with Gasteiger partial charge in [-0.25, -0.2) is 9.18 Å². The van der Waals surface area contributed by atoms with Crippen molar-refractivity contribution < 1.29 is 23.5 Å². The van der Waals surface area contributed by atoms with Gasteiger partial charge < -0.3 is 14.8 Å². The minimum absolute atomic E-state index is 0.0520. The van der Waals surface area contributed by atoms with E-state index in [1.54, 1.807) is 30.5 Å². The summed E-state index contributed by atoms with van der Waals surface area (Å²) in [4.78, 5) is 30.1. The normalized spacial score (nSPS) is 11.7. The van der Waals surface area contributed by atoms with Crippen LogP contribution >= 0.6 is 34.8 Å². The Bertz CT molecular complexity index is 1490. The van der Waals surface area contributed by atoms with Crippen molar-refractivity contribution >= 4 is 57.6 Å². The molecule has 3 aromatic carbocycles. The van der Waals surface area contributed by atoms with Gasteiger partial charge in [-0.15, -0.1) is 0 Å². The van der Waals surface area contributed by atoms with Crippen molar-refractivity contribution in [1.82, 2.24) is 10.3 Å². The van der Waals surface area contributed by atoms with Crippen LogP contribution in [0.25, 0.3) is 22.0 Å². The molecule has 0 aliphatic heterocycles. The number of amides is 1. The highest BCUT2D eigenvalue weighted by atomic mass is 35.5. The van der Waals surface area contributed by atoms with Crippen molar-refractivity contribution in [2.24, 2.45) is 0 Å². The largest absolute Gasteiger partial charge is 0.496 e. The second-order valence-electron chi connectivity index (χ2n) is 7.99. The molecule has 0 radical (unpaired) electrons. The second-order valence-corrected chi connectivity index (χ2v) is 9.21. The number of fused-ring (bicyclic) bond motifs is 1. The van der Waals surface area contributed by atoms with E-state index in [2.05, 4.69) is 10.3 Å². The van der Waals surface area contributed by atoms with Crippen LogP contribution in [-0.4, -0.2) is 37.1 Å². The molecule has 4 rings (SSSR count). The summed E-state index contributed by atoms with van der Waals surface area (Å²) < 4.78 is 24.3. The Hall–Kier alpha value is -3.39. The highest BCUT2D eigenvalue weighted by Gasteiger charge is 2.26. The van der Waals surface area contributed by atoms with Gasteiger partial charge in [-0.1, -0.05) is 59.1 Å². The third-order valence-electron chi connectivity index (χ3n) is 5.77. The van der Waals surface area contributed by atoms with Gasteiger partial charge in [0.1, 0.15) is 17.6 Å². The number of aromatic nitrogens is 1. The number of halogens is 4. The first-order valence-electron chi connectivity index (χ1n) is 11.0. The molecule has 0 aliphatic carbocycles. The van der Waals surface area contributed by atoms with Gasteiger partial charge in [0.15, 0.2) is 0 Å². The van der Waals surface area contributed by atoms with Crippen LogP contribution in [0.15, 0.2) is 60.8 Å². The van der Waals surface area contributed by atoms with Crippen LogP contribution in [0.3, 0.4) is 0 Å². The Morgan fingerprint density at radius 1 is 1.00 bits per heavy atom. The lowest BCUT2D eigenvalue weighted by Crippen LogP contribution is -2.43. The van der Waals surface area contributed by atoms with E-state index in [1.165, 1.54) is 38.5 Å². The summed E-state index contributed by atoms with van der Waals surface area (Å²) in [5.74, 6) is -1.55. The number of carbonyl (C=O) groups excluding carboxylic acids is 2. The quantitative estimate of drug-likeness (QED) is 0.260. The Labute approximate surface area is 227 Å². The summed E-state index contributed by atoms with van der Waals surface area (Å²) >= 11 is 18.7. The van der Waals surface area contributed by atoms with Crippen molar-refractivity contribution in [3.05, 3.63) is 92.8 Å². The maximum Gasteiger partial charge on any atom is 0.328 e. The first kappa shape index (κ1) is 26.7. The minimum atomic E-state index is -1.06. The SMILES string of the molecule is COC(=O)[C@H](Cc1ccc(-c2c(Cl)cc(F)cc2OC)c2cccnc12)NC(=O)c1c(Cl)cccc1Cl. The molecule has 0 spiro atoms. The zero-order valence-electron chi connectivity index (χ0n) is 19.7. The van der Waals surface area contributed by atoms with E-state index in [4.69, 9.17) is 44.3 Å². The van der Waals surface area contributed by atoms with E-state index in [1.807, 2.05) is 6.07 Å². The van der Waals surface area contributed by atoms with Gasteiger partial charge in [0.25, 0.3) is 5.91 Å². The van der Waals surface area contributed by atoms with E-state index >= 15 is 0 Å². The average molecular weight is 562 g/mol. The number of nitrogens with zero attached hydrogens (tertiary/aromatic N) is 1. The monoisotopic (exact) mass is 560 g/mol. The van der Waals surface area contributed by atoms with Crippen LogP contribution in [-0.2, 0) is 16.0 Å². The van der Waals surface area contributed by atoms with E-state index in [0.717, 1.165) is 0 Å². The van der Waals surface area contributed by atoms with Crippen LogP contribution < -0.4 is 10.1 Å². The Balaban J connectivity index is 1.76. The molecular weight excluding hydrogens is 542 g/mol. The lowest BCUT2D eigenvalue weighted by Gasteiger charge is -2.19. The molecule has 1 aromatic heterocycles. The fourth-order valence-electron chi connectivity index (χ4n) is 4.09. The van der Waals surface area contributed by atoms with Crippen molar-refractivity contribution in [2.45, 2.75) is 12.5 Å². The van der Waals surface area contributed by atoms with Crippen LogP contribution in [0.5, 0.6) is 5.75 Å². The Morgan fingerprint density at radius 2 is 1.73 bits per heavy atom. The summed E-state index contributed by atoms with van der Waals surface area (Å²) in [7, 11) is 2.66. The number of esters is 1. The van der Waals surface area contributed by atoms with Gasteiger partial charge in [-0.2, -0.15) is 0 Å². The second kappa shape index (κ2) is 11.3. The number of hydrogen-bond acceptors (Lipinski definition) is 5. The molecule has 0 bridgehead atoms. The summed E-state index contributed by atoms with van der Waals surface area (Å²) in [5, 5.41) is 3.83. The van der Waals surface area contributed by atoms with Gasteiger partial charge in [-0.3, -0.25) is 9.78 Å². The summed E-state index contributed by atoms with van der Waals surface area (Å²) in [6.45, 7) is 0. The molecule has 0 unspecified atom stereocenters. The number of carbonyl (C=O) groups is 2. The molecule has 4 aromatic rings. The topological polar surface area (TPSA) is 77.5 Å². The van der Waals surface area contributed by atoms with E-state index < -0.39 is 23.7 Å². The van der Waals surface area contributed by atoms with Crippen LogP contribution in [0, 0.1) is 5.82 Å². The fourth-order valence-corrected chi connectivity index (χ4v) is 4.96. The van der Waals surface area contributed by atoms with Gasteiger partial charge in [0.2, 0.25) is 0 Å². The molecule has 0 saturated carbocycles. The molecule has 1 heterocycles. The van der Waals surface area contributed by atoms with E-state index in [-0.39, 0.29) is 32.8 Å².